The van der Waals surface area contributed by atoms with Crippen LogP contribution in [-0.2, 0) is 12.3 Å². The molecule has 0 aliphatic carbocycles. The molecule has 170 valence electrons. The van der Waals surface area contributed by atoms with Crippen molar-refractivity contribution in [2.75, 3.05) is 7.11 Å². The quantitative estimate of drug-likeness (QED) is 0.221. The minimum atomic E-state index is -0.104. The zero-order chi connectivity index (χ0) is 23.5. The Morgan fingerprint density at radius 3 is 2.53 bits per heavy atom. The van der Waals surface area contributed by atoms with Crippen LogP contribution in [-0.4, -0.2) is 26.8 Å². The van der Waals surface area contributed by atoms with Gasteiger partial charge in [0.25, 0.3) is 5.56 Å². The van der Waals surface area contributed by atoms with Gasteiger partial charge >= 0.3 is 0 Å². The lowest BCUT2D eigenvalue weighted by molar-refractivity contribution is 0.391. The van der Waals surface area contributed by atoms with Crippen LogP contribution in [0.4, 0.5) is 0 Å². The molecule has 5 aromatic rings. The molecule has 2 heterocycles. The van der Waals surface area contributed by atoms with Crippen LogP contribution in [0.25, 0.3) is 22.3 Å². The van der Waals surface area contributed by atoms with E-state index in [1.165, 1.54) is 11.8 Å². The number of hydrogen-bond donors (Lipinski definition) is 0. The molecule has 5 rings (SSSR count). The van der Waals surface area contributed by atoms with E-state index in [4.69, 9.17) is 25.8 Å². The van der Waals surface area contributed by atoms with E-state index in [2.05, 4.69) is 10.1 Å². The number of hydrogen-bond acceptors (Lipinski definition) is 7. The van der Waals surface area contributed by atoms with Crippen molar-refractivity contribution in [2.45, 2.75) is 17.5 Å². The molecule has 0 saturated heterocycles. The van der Waals surface area contributed by atoms with Crippen molar-refractivity contribution in [1.29, 1.82) is 0 Å². The van der Waals surface area contributed by atoms with Crippen molar-refractivity contribution in [1.82, 2.24) is 19.7 Å². The fraction of sp³-hybridized carbons (Fsp3) is 0.120. The molecule has 34 heavy (non-hydrogen) atoms. The number of rotatable bonds is 7. The standard InChI is InChI=1S/C25H19ClN4O3S/c1-32-19-12-8-17(9-13-19)23-28-22(33-29-23)15-34-25-27-21-5-3-2-4-20(21)24(31)30(25)14-16-6-10-18(26)11-7-16/h2-13H,14-15H2,1H3. The largest absolute Gasteiger partial charge is 0.497 e. The predicted octanol–water partition coefficient (Wildman–Crippen LogP) is 5.45. The maximum absolute atomic E-state index is 13.3. The van der Waals surface area contributed by atoms with E-state index in [0.29, 0.717) is 45.1 Å². The number of methoxy groups -OCH3 is 1. The average molecular weight is 491 g/mol. The Hall–Kier alpha value is -3.62. The number of halogens is 1. The van der Waals surface area contributed by atoms with E-state index in [1.54, 1.807) is 17.7 Å². The maximum atomic E-state index is 13.3. The van der Waals surface area contributed by atoms with E-state index in [9.17, 15) is 4.79 Å². The van der Waals surface area contributed by atoms with Crippen molar-refractivity contribution in [3.05, 3.63) is 99.6 Å². The Kier molecular flexibility index (Phi) is 6.33. The minimum Gasteiger partial charge on any atom is -0.497 e. The van der Waals surface area contributed by atoms with Gasteiger partial charge in [0.05, 0.1) is 30.3 Å². The van der Waals surface area contributed by atoms with Crippen LogP contribution < -0.4 is 10.3 Å². The summed E-state index contributed by atoms with van der Waals surface area (Å²) in [4.78, 5) is 22.5. The topological polar surface area (TPSA) is 83.0 Å². The summed E-state index contributed by atoms with van der Waals surface area (Å²) in [5.74, 6) is 2.05. The van der Waals surface area contributed by atoms with E-state index >= 15 is 0 Å². The first-order valence-corrected chi connectivity index (χ1v) is 11.8. The second-order valence-electron chi connectivity index (χ2n) is 7.46. The molecule has 0 amide bonds. The van der Waals surface area contributed by atoms with Crippen LogP contribution >= 0.6 is 23.4 Å². The van der Waals surface area contributed by atoms with Gasteiger partial charge in [-0.3, -0.25) is 9.36 Å². The van der Waals surface area contributed by atoms with Crippen molar-refractivity contribution in [2.24, 2.45) is 0 Å². The fourth-order valence-electron chi connectivity index (χ4n) is 3.47. The first kappa shape index (κ1) is 22.2. The second kappa shape index (κ2) is 9.70. The van der Waals surface area contributed by atoms with Crippen LogP contribution in [0.3, 0.4) is 0 Å². The van der Waals surface area contributed by atoms with Gasteiger partial charge in [-0.1, -0.05) is 52.8 Å². The Balaban J connectivity index is 1.43. The summed E-state index contributed by atoms with van der Waals surface area (Å²) < 4.78 is 12.3. The Morgan fingerprint density at radius 1 is 1.00 bits per heavy atom. The summed E-state index contributed by atoms with van der Waals surface area (Å²) >= 11 is 7.40. The van der Waals surface area contributed by atoms with Gasteiger partial charge < -0.3 is 9.26 Å². The molecule has 0 saturated carbocycles. The van der Waals surface area contributed by atoms with Gasteiger partial charge in [0, 0.05) is 10.6 Å². The molecule has 0 N–H and O–H groups in total. The SMILES string of the molecule is COc1ccc(-c2noc(CSc3nc4ccccc4c(=O)n3Cc3ccc(Cl)cc3)n2)cc1. The zero-order valence-electron chi connectivity index (χ0n) is 18.1. The second-order valence-corrected chi connectivity index (χ2v) is 8.84. The lowest BCUT2D eigenvalue weighted by Crippen LogP contribution is -2.24. The molecule has 0 aliphatic heterocycles. The fourth-order valence-corrected chi connectivity index (χ4v) is 4.43. The normalized spacial score (nSPS) is 11.1. The number of para-hydroxylation sites is 1. The molecule has 2 aromatic heterocycles. The zero-order valence-corrected chi connectivity index (χ0v) is 19.7. The van der Waals surface area contributed by atoms with Crippen molar-refractivity contribution in [3.63, 3.8) is 0 Å². The van der Waals surface area contributed by atoms with E-state index in [-0.39, 0.29) is 5.56 Å². The van der Waals surface area contributed by atoms with Gasteiger partial charge in [0.15, 0.2) is 5.16 Å². The van der Waals surface area contributed by atoms with Crippen molar-refractivity contribution < 1.29 is 9.26 Å². The number of nitrogens with zero attached hydrogens (tertiary/aromatic N) is 4. The number of thioether (sulfide) groups is 1. The maximum Gasteiger partial charge on any atom is 0.262 e. The van der Waals surface area contributed by atoms with E-state index < -0.39 is 0 Å². The van der Waals surface area contributed by atoms with Crippen LogP contribution in [0.1, 0.15) is 11.5 Å². The van der Waals surface area contributed by atoms with E-state index in [0.717, 1.165) is 16.9 Å². The van der Waals surface area contributed by atoms with Crippen molar-refractivity contribution in [3.8, 4) is 17.1 Å². The highest BCUT2D eigenvalue weighted by molar-refractivity contribution is 7.98. The molecule has 0 fully saturated rings. The lowest BCUT2D eigenvalue weighted by Gasteiger charge is -2.13. The number of fused-ring (bicyclic) bond motifs is 1. The first-order valence-electron chi connectivity index (χ1n) is 10.4. The first-order chi connectivity index (χ1) is 16.6. The van der Waals surface area contributed by atoms with Gasteiger partial charge in [-0.15, -0.1) is 0 Å². The average Bonchev–Trinajstić information content (AvgIpc) is 3.35. The number of benzene rings is 3. The molecule has 0 unspecified atom stereocenters. The lowest BCUT2D eigenvalue weighted by atomic mass is 10.2. The monoisotopic (exact) mass is 490 g/mol. The molecule has 0 spiro atoms. The summed E-state index contributed by atoms with van der Waals surface area (Å²) in [6.07, 6.45) is 0. The van der Waals surface area contributed by atoms with Crippen LogP contribution in [0, 0.1) is 0 Å². The summed E-state index contributed by atoms with van der Waals surface area (Å²) in [6, 6.07) is 22.2. The van der Waals surface area contributed by atoms with Crippen LogP contribution in [0.15, 0.2) is 87.3 Å². The van der Waals surface area contributed by atoms with Gasteiger partial charge in [0.1, 0.15) is 5.75 Å². The minimum absolute atomic E-state index is 0.104. The molecule has 0 bridgehead atoms. The highest BCUT2D eigenvalue weighted by Gasteiger charge is 2.15. The molecule has 9 heteroatoms. The van der Waals surface area contributed by atoms with E-state index in [1.807, 2.05) is 66.7 Å². The third kappa shape index (κ3) is 4.69. The highest BCUT2D eigenvalue weighted by atomic mass is 35.5. The van der Waals surface area contributed by atoms with Crippen LogP contribution in [0.2, 0.25) is 5.02 Å². The Bertz CT molecular complexity index is 1500. The number of aromatic nitrogens is 4. The van der Waals surface area contributed by atoms with Gasteiger partial charge in [-0.05, 0) is 54.1 Å². The summed E-state index contributed by atoms with van der Waals surface area (Å²) in [5, 5.41) is 5.87. The Morgan fingerprint density at radius 2 is 1.76 bits per heavy atom. The third-order valence-corrected chi connectivity index (χ3v) is 6.43. The molecule has 7 nitrogen and oxygen atoms in total. The molecule has 0 aliphatic rings. The molecular formula is C25H19ClN4O3S. The van der Waals surface area contributed by atoms with Gasteiger partial charge in [-0.2, -0.15) is 4.98 Å². The smallest absolute Gasteiger partial charge is 0.262 e. The van der Waals surface area contributed by atoms with Crippen molar-refractivity contribution >= 4 is 34.3 Å². The third-order valence-electron chi connectivity index (χ3n) is 5.22. The summed E-state index contributed by atoms with van der Waals surface area (Å²) in [7, 11) is 1.62. The predicted molar refractivity (Wildman–Crippen MR) is 132 cm³/mol. The molecule has 3 aromatic carbocycles. The molecule has 0 atom stereocenters. The molecule has 0 radical (unpaired) electrons. The van der Waals surface area contributed by atoms with Gasteiger partial charge in [0.2, 0.25) is 11.7 Å². The summed E-state index contributed by atoms with van der Waals surface area (Å²) in [6.45, 7) is 0.372. The van der Waals surface area contributed by atoms with Crippen LogP contribution in [0.5, 0.6) is 5.75 Å². The molecular weight excluding hydrogens is 472 g/mol. The Labute approximate surface area is 204 Å². The summed E-state index contributed by atoms with van der Waals surface area (Å²) in [5.41, 5.74) is 2.31. The number of ether oxygens (including phenoxy) is 1. The highest BCUT2D eigenvalue weighted by Crippen LogP contribution is 2.25. The van der Waals surface area contributed by atoms with Gasteiger partial charge in [-0.25, -0.2) is 4.98 Å².